The van der Waals surface area contributed by atoms with Gasteiger partial charge >= 0.3 is 5.69 Å². The van der Waals surface area contributed by atoms with Crippen molar-refractivity contribution in [3.8, 4) is 0 Å². The average molecular weight is 268 g/mol. The molecule has 104 valence electrons. The van der Waals surface area contributed by atoms with Gasteiger partial charge in [0.15, 0.2) is 0 Å². The number of nitrogens with one attached hydrogen (secondary N) is 2. The molecular formula is C11H16N4O4. The van der Waals surface area contributed by atoms with Crippen LogP contribution >= 0.6 is 0 Å². The van der Waals surface area contributed by atoms with Gasteiger partial charge in [-0.25, -0.2) is 4.79 Å². The van der Waals surface area contributed by atoms with Crippen LogP contribution in [0.25, 0.3) is 0 Å². The first-order valence-corrected chi connectivity index (χ1v) is 5.94. The van der Waals surface area contributed by atoms with Gasteiger partial charge < -0.3 is 15.8 Å². The van der Waals surface area contributed by atoms with Gasteiger partial charge in [0.2, 0.25) is 5.91 Å². The van der Waals surface area contributed by atoms with E-state index in [0.717, 1.165) is 0 Å². The van der Waals surface area contributed by atoms with Crippen LogP contribution in [0.1, 0.15) is 19.6 Å². The third-order valence-electron chi connectivity index (χ3n) is 3.00. The summed E-state index contributed by atoms with van der Waals surface area (Å²) in [4.78, 5) is 35.6. The molecule has 0 unspecified atom stereocenters. The summed E-state index contributed by atoms with van der Waals surface area (Å²) in [6.45, 7) is 1.70. The number of amides is 1. The number of aromatic amines is 1. The molecule has 0 aliphatic carbocycles. The maximum Gasteiger partial charge on any atom is 0.330 e. The molecule has 0 aromatic carbocycles. The summed E-state index contributed by atoms with van der Waals surface area (Å²) in [5.74, 6) is -0.166. The standard InChI is InChI=1S/C11H16N4O4/c1-6(16)13-5-8-7(12)4-10(19-8)15-3-2-9(17)14-11(15)18/h2-3,7-8,10H,4-5,12H2,1H3,(H,13,16)(H,14,17,18)/t7-,8+,10+/m0/s1. The third-order valence-corrected chi connectivity index (χ3v) is 3.00. The Morgan fingerprint density at radius 3 is 3.00 bits per heavy atom. The first kappa shape index (κ1) is 13.5. The van der Waals surface area contributed by atoms with Gasteiger partial charge in [0, 0.05) is 38.2 Å². The molecule has 3 atom stereocenters. The number of H-pyrrole nitrogens is 1. The second kappa shape index (κ2) is 5.37. The lowest BCUT2D eigenvalue weighted by atomic mass is 10.1. The summed E-state index contributed by atoms with van der Waals surface area (Å²) in [5, 5.41) is 2.62. The predicted molar refractivity (Wildman–Crippen MR) is 66.5 cm³/mol. The number of hydrogen-bond donors (Lipinski definition) is 3. The van der Waals surface area contributed by atoms with Crippen molar-refractivity contribution in [3.63, 3.8) is 0 Å². The van der Waals surface area contributed by atoms with E-state index in [9.17, 15) is 14.4 Å². The van der Waals surface area contributed by atoms with Gasteiger partial charge in [-0.15, -0.1) is 0 Å². The molecule has 4 N–H and O–H groups in total. The van der Waals surface area contributed by atoms with Gasteiger partial charge in [-0.3, -0.25) is 19.1 Å². The summed E-state index contributed by atoms with van der Waals surface area (Å²) in [5.41, 5.74) is 4.91. The molecule has 8 heteroatoms. The Bertz CT molecular complexity index is 579. The molecule has 8 nitrogen and oxygen atoms in total. The number of rotatable bonds is 3. The topological polar surface area (TPSA) is 119 Å². The molecule has 0 radical (unpaired) electrons. The van der Waals surface area contributed by atoms with Crippen LogP contribution in [0.15, 0.2) is 21.9 Å². The van der Waals surface area contributed by atoms with Crippen LogP contribution in [-0.4, -0.2) is 34.1 Å². The van der Waals surface area contributed by atoms with Crippen molar-refractivity contribution < 1.29 is 9.53 Å². The van der Waals surface area contributed by atoms with Crippen LogP contribution in [0.5, 0.6) is 0 Å². The van der Waals surface area contributed by atoms with Gasteiger partial charge in [0.1, 0.15) is 6.23 Å². The van der Waals surface area contributed by atoms with E-state index in [2.05, 4.69) is 10.3 Å². The maximum atomic E-state index is 11.6. The lowest BCUT2D eigenvalue weighted by Gasteiger charge is -2.16. The van der Waals surface area contributed by atoms with Gasteiger partial charge in [0.25, 0.3) is 5.56 Å². The number of ether oxygens (including phenoxy) is 1. The fraction of sp³-hybridized carbons (Fsp3) is 0.545. The van der Waals surface area contributed by atoms with Crippen molar-refractivity contribution in [2.45, 2.75) is 31.7 Å². The first-order chi connectivity index (χ1) is 8.97. The Morgan fingerprint density at radius 2 is 2.37 bits per heavy atom. The van der Waals surface area contributed by atoms with E-state index >= 15 is 0 Å². The highest BCUT2D eigenvalue weighted by Gasteiger charge is 2.34. The van der Waals surface area contributed by atoms with E-state index in [-0.39, 0.29) is 18.1 Å². The quantitative estimate of drug-likeness (QED) is 0.603. The largest absolute Gasteiger partial charge is 0.354 e. The maximum absolute atomic E-state index is 11.6. The highest BCUT2D eigenvalue weighted by Crippen LogP contribution is 2.25. The average Bonchev–Trinajstić information content (AvgIpc) is 2.67. The highest BCUT2D eigenvalue weighted by atomic mass is 16.5. The van der Waals surface area contributed by atoms with Crippen molar-refractivity contribution in [1.29, 1.82) is 0 Å². The number of nitrogens with two attached hydrogens (primary N) is 1. The fourth-order valence-electron chi connectivity index (χ4n) is 2.02. The van der Waals surface area contributed by atoms with Crippen molar-refractivity contribution in [3.05, 3.63) is 33.1 Å². The highest BCUT2D eigenvalue weighted by molar-refractivity contribution is 5.72. The first-order valence-electron chi connectivity index (χ1n) is 5.94. The lowest BCUT2D eigenvalue weighted by Crippen LogP contribution is -2.40. The van der Waals surface area contributed by atoms with Crippen molar-refractivity contribution in [1.82, 2.24) is 14.9 Å². The van der Waals surface area contributed by atoms with Gasteiger partial charge in [-0.2, -0.15) is 0 Å². The summed E-state index contributed by atoms with van der Waals surface area (Å²) in [6.07, 6.45) is 0.932. The van der Waals surface area contributed by atoms with Crippen LogP contribution in [0.2, 0.25) is 0 Å². The normalized spacial score (nSPS) is 26.3. The number of carbonyl (C=O) groups is 1. The molecule has 1 aromatic heterocycles. The van der Waals surface area contributed by atoms with E-state index in [1.807, 2.05) is 0 Å². The summed E-state index contributed by atoms with van der Waals surface area (Å²) in [6, 6.07) is 0.966. The minimum Gasteiger partial charge on any atom is -0.354 e. The Morgan fingerprint density at radius 1 is 1.63 bits per heavy atom. The zero-order chi connectivity index (χ0) is 14.0. The van der Waals surface area contributed by atoms with Gasteiger partial charge in [-0.05, 0) is 0 Å². The zero-order valence-corrected chi connectivity index (χ0v) is 10.5. The summed E-state index contributed by atoms with van der Waals surface area (Å²) < 4.78 is 6.92. The van der Waals surface area contributed by atoms with Crippen LogP contribution in [0, 0.1) is 0 Å². The molecule has 1 aliphatic rings. The number of hydrogen-bond acceptors (Lipinski definition) is 5. The molecule has 1 amide bonds. The Kier molecular flexibility index (Phi) is 3.82. The van der Waals surface area contributed by atoms with Crippen LogP contribution in [0.4, 0.5) is 0 Å². The van der Waals surface area contributed by atoms with Crippen LogP contribution in [0.3, 0.4) is 0 Å². The smallest absolute Gasteiger partial charge is 0.330 e. The van der Waals surface area contributed by atoms with Crippen LogP contribution < -0.4 is 22.3 Å². The van der Waals surface area contributed by atoms with Gasteiger partial charge in [-0.1, -0.05) is 0 Å². The minimum atomic E-state index is -0.537. The fourth-order valence-corrected chi connectivity index (χ4v) is 2.02. The van der Waals surface area contributed by atoms with E-state index in [1.165, 1.54) is 23.8 Å². The molecule has 1 aromatic rings. The summed E-state index contributed by atoms with van der Waals surface area (Å²) >= 11 is 0. The molecule has 0 saturated carbocycles. The second-order valence-corrected chi connectivity index (χ2v) is 4.48. The van der Waals surface area contributed by atoms with Crippen molar-refractivity contribution in [2.24, 2.45) is 5.73 Å². The van der Waals surface area contributed by atoms with Gasteiger partial charge in [0.05, 0.1) is 6.10 Å². The lowest BCUT2D eigenvalue weighted by molar-refractivity contribution is -0.119. The number of nitrogens with zero attached hydrogens (tertiary/aromatic N) is 1. The SMILES string of the molecule is CC(=O)NC[C@H]1O[C@@H](n2ccc(=O)[nH]c2=O)C[C@@H]1N. The molecule has 19 heavy (non-hydrogen) atoms. The third kappa shape index (κ3) is 3.09. The zero-order valence-electron chi connectivity index (χ0n) is 10.5. The van der Waals surface area contributed by atoms with Crippen LogP contribution in [-0.2, 0) is 9.53 Å². The van der Waals surface area contributed by atoms with E-state index in [1.54, 1.807) is 0 Å². The van der Waals surface area contributed by atoms with E-state index < -0.39 is 17.5 Å². The van der Waals surface area contributed by atoms with E-state index in [0.29, 0.717) is 13.0 Å². The minimum absolute atomic E-state index is 0.166. The Labute approximate surface area is 108 Å². The Hall–Kier alpha value is -1.93. The summed E-state index contributed by atoms with van der Waals surface area (Å²) in [7, 11) is 0. The van der Waals surface area contributed by atoms with Crippen molar-refractivity contribution >= 4 is 5.91 Å². The van der Waals surface area contributed by atoms with Crippen molar-refractivity contribution in [2.75, 3.05) is 6.54 Å². The molecule has 2 heterocycles. The molecule has 2 rings (SSSR count). The number of aromatic nitrogens is 2. The molecule has 1 saturated heterocycles. The monoisotopic (exact) mass is 268 g/mol. The molecule has 1 fully saturated rings. The number of carbonyl (C=O) groups excluding carboxylic acids is 1. The predicted octanol–water partition coefficient (Wildman–Crippen LogP) is -1.71. The molecule has 0 bridgehead atoms. The van der Waals surface area contributed by atoms with E-state index in [4.69, 9.17) is 10.5 Å². The molecule has 1 aliphatic heterocycles. The molecule has 0 spiro atoms. The molecular weight excluding hydrogens is 252 g/mol. The second-order valence-electron chi connectivity index (χ2n) is 4.48. The Balaban J connectivity index is 2.09.